The number of rotatable bonds is 1. The fourth-order valence-electron chi connectivity index (χ4n) is 1.32. The molecule has 0 unspecified atom stereocenters. The molecule has 0 atom stereocenters. The predicted octanol–water partition coefficient (Wildman–Crippen LogP) is 0.720. The first kappa shape index (κ1) is 7.16. The summed E-state index contributed by atoms with van der Waals surface area (Å²) >= 11 is 0. The highest BCUT2D eigenvalue weighted by Gasteiger charge is 2.13. The predicted molar refractivity (Wildman–Crippen MR) is 44.2 cm³/mol. The van der Waals surface area contributed by atoms with E-state index in [0.717, 1.165) is 17.7 Å². The minimum absolute atomic E-state index is 0.409. The van der Waals surface area contributed by atoms with E-state index >= 15 is 0 Å². The van der Waals surface area contributed by atoms with Crippen LogP contribution in [0.2, 0.25) is 0 Å². The van der Waals surface area contributed by atoms with Crippen molar-refractivity contribution in [1.82, 2.24) is 0 Å². The summed E-state index contributed by atoms with van der Waals surface area (Å²) in [5, 5.41) is 0. The van der Waals surface area contributed by atoms with Gasteiger partial charge in [0.1, 0.15) is 5.75 Å². The van der Waals surface area contributed by atoms with Gasteiger partial charge in [0.05, 0.1) is 6.61 Å². The van der Waals surface area contributed by atoms with Crippen molar-refractivity contribution in [1.29, 1.82) is 0 Å². The number of hydrogen-bond acceptors (Lipinski definition) is 2. The molecule has 0 spiro atoms. The molecule has 1 aliphatic rings. The number of fused-ring (bicyclic) bond motifs is 1. The van der Waals surface area contributed by atoms with Gasteiger partial charge < -0.3 is 10.5 Å². The number of benzene rings is 1. The van der Waals surface area contributed by atoms with E-state index in [1.54, 1.807) is 12.1 Å². The van der Waals surface area contributed by atoms with E-state index in [1.807, 2.05) is 6.07 Å². The molecule has 0 radical (unpaired) electrons. The normalized spacial score (nSPS) is 13.7. The lowest BCUT2D eigenvalue weighted by Crippen LogP contribution is -2.10. The minimum Gasteiger partial charge on any atom is -0.493 e. The zero-order valence-electron chi connectivity index (χ0n) is 6.54. The highest BCUT2D eigenvalue weighted by Crippen LogP contribution is 2.25. The van der Waals surface area contributed by atoms with Gasteiger partial charge >= 0.3 is 0 Å². The summed E-state index contributed by atoms with van der Waals surface area (Å²) in [5.41, 5.74) is 6.78. The van der Waals surface area contributed by atoms with E-state index in [9.17, 15) is 4.79 Å². The maximum Gasteiger partial charge on any atom is 0.248 e. The number of primary amides is 1. The zero-order valence-corrected chi connectivity index (χ0v) is 6.54. The first-order valence-corrected chi connectivity index (χ1v) is 3.83. The van der Waals surface area contributed by atoms with Crippen molar-refractivity contribution in [3.05, 3.63) is 29.3 Å². The van der Waals surface area contributed by atoms with Crippen LogP contribution < -0.4 is 10.5 Å². The maximum absolute atomic E-state index is 10.8. The number of carbonyl (C=O) groups excluding carboxylic acids is 1. The third-order valence-corrected chi connectivity index (χ3v) is 1.98. The Kier molecular flexibility index (Phi) is 1.50. The second kappa shape index (κ2) is 2.52. The Morgan fingerprint density at radius 2 is 2.33 bits per heavy atom. The van der Waals surface area contributed by atoms with Crippen molar-refractivity contribution in [2.45, 2.75) is 6.42 Å². The molecule has 0 bridgehead atoms. The lowest BCUT2D eigenvalue weighted by Gasteiger charge is -1.99. The Bertz CT molecular complexity index is 333. The molecule has 0 saturated carbocycles. The van der Waals surface area contributed by atoms with E-state index in [1.165, 1.54) is 0 Å². The van der Waals surface area contributed by atoms with Gasteiger partial charge in [0, 0.05) is 12.0 Å². The molecular formula is C9H9NO2. The smallest absolute Gasteiger partial charge is 0.248 e. The Hall–Kier alpha value is -1.51. The molecule has 62 valence electrons. The van der Waals surface area contributed by atoms with Gasteiger partial charge in [0.2, 0.25) is 5.91 Å². The summed E-state index contributed by atoms with van der Waals surface area (Å²) in [6.45, 7) is 0.706. The van der Waals surface area contributed by atoms with Crippen LogP contribution in [0.15, 0.2) is 18.2 Å². The highest BCUT2D eigenvalue weighted by atomic mass is 16.5. The van der Waals surface area contributed by atoms with Crippen LogP contribution in [0.1, 0.15) is 15.9 Å². The average Bonchev–Trinajstić information content (AvgIpc) is 2.49. The van der Waals surface area contributed by atoms with Crippen molar-refractivity contribution in [3.8, 4) is 5.75 Å². The molecule has 2 rings (SSSR count). The molecule has 0 fully saturated rings. The van der Waals surface area contributed by atoms with Gasteiger partial charge in [-0.2, -0.15) is 0 Å². The van der Waals surface area contributed by atoms with Gasteiger partial charge in [0.25, 0.3) is 0 Å². The van der Waals surface area contributed by atoms with Crippen LogP contribution in [0, 0.1) is 0 Å². The first-order valence-electron chi connectivity index (χ1n) is 3.83. The van der Waals surface area contributed by atoms with Crippen LogP contribution in [0.5, 0.6) is 5.75 Å². The SMILES string of the molecule is NC(=O)c1ccc2c(c1)OCC2. The molecule has 0 saturated heterocycles. The molecule has 0 aliphatic carbocycles. The van der Waals surface area contributed by atoms with Crippen LogP contribution in [0.25, 0.3) is 0 Å². The summed E-state index contributed by atoms with van der Waals surface area (Å²) < 4.78 is 5.28. The van der Waals surface area contributed by atoms with Crippen LogP contribution in [0.4, 0.5) is 0 Å². The van der Waals surface area contributed by atoms with Gasteiger partial charge in [0.15, 0.2) is 0 Å². The third-order valence-electron chi connectivity index (χ3n) is 1.98. The molecule has 2 N–H and O–H groups in total. The lowest BCUT2D eigenvalue weighted by molar-refractivity contribution is 0.1000. The summed E-state index contributed by atoms with van der Waals surface area (Å²) in [4.78, 5) is 10.8. The quantitative estimate of drug-likeness (QED) is 0.663. The third kappa shape index (κ3) is 1.03. The fraction of sp³-hybridized carbons (Fsp3) is 0.222. The molecule has 1 aromatic rings. The number of carbonyl (C=O) groups is 1. The van der Waals surface area contributed by atoms with E-state index in [2.05, 4.69) is 0 Å². The van der Waals surface area contributed by atoms with E-state index in [4.69, 9.17) is 10.5 Å². The molecule has 1 aromatic carbocycles. The van der Waals surface area contributed by atoms with Gasteiger partial charge in [-0.1, -0.05) is 6.07 Å². The largest absolute Gasteiger partial charge is 0.493 e. The molecule has 3 nitrogen and oxygen atoms in total. The van der Waals surface area contributed by atoms with Crippen molar-refractivity contribution in [3.63, 3.8) is 0 Å². The molecular weight excluding hydrogens is 154 g/mol. The minimum atomic E-state index is -0.409. The van der Waals surface area contributed by atoms with Crippen molar-refractivity contribution in [2.24, 2.45) is 5.73 Å². The summed E-state index contributed by atoms with van der Waals surface area (Å²) in [6, 6.07) is 5.32. The van der Waals surface area contributed by atoms with Crippen molar-refractivity contribution < 1.29 is 9.53 Å². The molecule has 3 heteroatoms. The molecule has 0 aromatic heterocycles. The maximum atomic E-state index is 10.8. The van der Waals surface area contributed by atoms with Crippen molar-refractivity contribution >= 4 is 5.91 Å². The van der Waals surface area contributed by atoms with E-state index in [-0.39, 0.29) is 0 Å². The first-order chi connectivity index (χ1) is 5.77. The van der Waals surface area contributed by atoms with Crippen molar-refractivity contribution in [2.75, 3.05) is 6.61 Å². The monoisotopic (exact) mass is 163 g/mol. The summed E-state index contributed by atoms with van der Waals surface area (Å²) in [6.07, 6.45) is 0.925. The number of ether oxygens (including phenoxy) is 1. The van der Waals surface area contributed by atoms with E-state index in [0.29, 0.717) is 12.2 Å². The molecule has 1 aliphatic heterocycles. The Morgan fingerprint density at radius 3 is 3.08 bits per heavy atom. The summed E-state index contributed by atoms with van der Waals surface area (Å²) in [5.74, 6) is 0.389. The number of hydrogen-bond donors (Lipinski definition) is 1. The Labute approximate surface area is 70.1 Å². The number of amides is 1. The van der Waals surface area contributed by atoms with Gasteiger partial charge in [-0.15, -0.1) is 0 Å². The van der Waals surface area contributed by atoms with Crippen LogP contribution >= 0.6 is 0 Å². The van der Waals surface area contributed by atoms with Crippen LogP contribution in [-0.4, -0.2) is 12.5 Å². The fourth-order valence-corrected chi connectivity index (χ4v) is 1.32. The summed E-state index contributed by atoms with van der Waals surface area (Å²) in [7, 11) is 0. The van der Waals surface area contributed by atoms with Gasteiger partial charge in [-0.05, 0) is 17.7 Å². The van der Waals surface area contributed by atoms with E-state index < -0.39 is 5.91 Å². The molecule has 1 heterocycles. The number of nitrogens with two attached hydrogens (primary N) is 1. The standard InChI is InChI=1S/C9H9NO2/c10-9(11)7-2-1-6-3-4-12-8(6)5-7/h1-2,5H,3-4H2,(H2,10,11). The topological polar surface area (TPSA) is 52.3 Å². The van der Waals surface area contributed by atoms with Gasteiger partial charge in [-0.25, -0.2) is 0 Å². The average molecular weight is 163 g/mol. The Morgan fingerprint density at radius 1 is 1.50 bits per heavy atom. The molecule has 12 heavy (non-hydrogen) atoms. The lowest BCUT2D eigenvalue weighted by atomic mass is 10.1. The molecule has 1 amide bonds. The Balaban J connectivity index is 2.45. The highest BCUT2D eigenvalue weighted by molar-refractivity contribution is 5.93. The van der Waals surface area contributed by atoms with Crippen LogP contribution in [0.3, 0.4) is 0 Å². The van der Waals surface area contributed by atoms with Crippen LogP contribution in [-0.2, 0) is 6.42 Å². The van der Waals surface area contributed by atoms with Gasteiger partial charge in [-0.3, -0.25) is 4.79 Å². The second-order valence-electron chi connectivity index (χ2n) is 2.79. The zero-order chi connectivity index (χ0) is 8.55. The second-order valence-corrected chi connectivity index (χ2v) is 2.79.